The molecule has 0 bridgehead atoms. The molecule has 1 heterocycles. The largest absolute Gasteiger partial charge is 0.373 e. The van der Waals surface area contributed by atoms with Crippen molar-refractivity contribution >= 4 is 31.5 Å². The van der Waals surface area contributed by atoms with Crippen LogP contribution in [-0.2, 0) is 29.3 Å². The summed E-state index contributed by atoms with van der Waals surface area (Å²) in [4.78, 5) is 25.2. The van der Waals surface area contributed by atoms with Crippen LogP contribution in [0.15, 0.2) is 24.0 Å². The van der Waals surface area contributed by atoms with Gasteiger partial charge in [-0.3, -0.25) is 4.79 Å². The van der Waals surface area contributed by atoms with Crippen molar-refractivity contribution in [3.63, 3.8) is 0 Å². The van der Waals surface area contributed by atoms with Crippen LogP contribution in [0.25, 0.3) is 0 Å². The molecule has 8 nitrogen and oxygen atoms in total. The van der Waals surface area contributed by atoms with E-state index in [0.717, 1.165) is 10.8 Å². The summed E-state index contributed by atoms with van der Waals surface area (Å²) in [5.74, 6) is -0.986. The molecular weight excluding hydrogens is 368 g/mol. The van der Waals surface area contributed by atoms with Crippen molar-refractivity contribution in [2.24, 2.45) is 0 Å². The molecule has 0 aromatic rings. The van der Waals surface area contributed by atoms with E-state index >= 15 is 0 Å². The first-order valence-electron chi connectivity index (χ1n) is 7.72. The van der Waals surface area contributed by atoms with Crippen LogP contribution in [0.2, 0.25) is 0 Å². The zero-order valence-corrected chi connectivity index (χ0v) is 16.2. The highest BCUT2D eigenvalue weighted by atomic mass is 32.2. The Balaban J connectivity index is 2.44. The first-order chi connectivity index (χ1) is 11.4. The van der Waals surface area contributed by atoms with Gasteiger partial charge in [0.2, 0.25) is 11.9 Å². The third-order valence-corrected chi connectivity index (χ3v) is 7.02. The fourth-order valence-corrected chi connectivity index (χ4v) is 4.19. The number of amides is 2. The molecule has 0 N–H and O–H groups in total. The Hall–Kier alpha value is -1.52. The maximum absolute atomic E-state index is 11.9. The van der Waals surface area contributed by atoms with E-state index in [0.29, 0.717) is 19.5 Å². The minimum atomic E-state index is -3.44. The predicted octanol–water partition coefficient (Wildman–Crippen LogP) is -0.303. The topological polar surface area (TPSA) is 106 Å². The van der Waals surface area contributed by atoms with Gasteiger partial charge < -0.3 is 4.90 Å². The number of rotatable bonds is 11. The molecule has 0 aromatic heterocycles. The molecule has 0 aliphatic carbocycles. The van der Waals surface area contributed by atoms with Crippen LogP contribution in [-0.4, -0.2) is 82.8 Å². The van der Waals surface area contributed by atoms with E-state index in [1.165, 1.54) is 4.90 Å². The number of sulfone groups is 2. The van der Waals surface area contributed by atoms with Gasteiger partial charge in [-0.05, 0) is 0 Å². The molecule has 0 saturated carbocycles. The molecule has 2 atom stereocenters. The lowest BCUT2D eigenvalue weighted by Gasteiger charge is -2.18. The van der Waals surface area contributed by atoms with Crippen molar-refractivity contribution in [2.45, 2.75) is 18.9 Å². The van der Waals surface area contributed by atoms with Gasteiger partial charge in [0.05, 0.1) is 19.3 Å². The molecule has 25 heavy (non-hydrogen) atoms. The zero-order chi connectivity index (χ0) is 19.5. The van der Waals surface area contributed by atoms with E-state index in [-0.39, 0.29) is 34.2 Å². The monoisotopic (exact) mass is 393 g/mol. The average Bonchev–Trinajstić information content (AvgIpc) is 3.04. The van der Waals surface area contributed by atoms with Gasteiger partial charge in [0.1, 0.15) is 5.75 Å². The maximum atomic E-state index is 11.9. The zero-order valence-electron chi connectivity index (χ0n) is 14.5. The molecule has 0 spiro atoms. The molecule has 0 aromatic carbocycles. The Morgan fingerprint density at radius 2 is 1.76 bits per heavy atom. The molecule has 2 amide bonds. The Labute approximate surface area is 149 Å². The van der Waals surface area contributed by atoms with Crippen LogP contribution < -0.4 is 0 Å². The Bertz CT molecular complexity index is 772. The van der Waals surface area contributed by atoms with Crippen LogP contribution >= 0.6 is 0 Å². The average molecular weight is 394 g/mol. The SMILES string of the molecule is C=CS(=O)(=O)CCC(=O)N(C)CCC[N+]1(C)C(=O)C1CS(=O)(=O)C=C. The molecule has 0 radical (unpaired) electrons. The molecule has 1 saturated heterocycles. The van der Waals surface area contributed by atoms with Crippen molar-refractivity contribution in [3.8, 4) is 0 Å². The number of hydrogen-bond acceptors (Lipinski definition) is 6. The second-order valence-electron chi connectivity index (χ2n) is 6.29. The first-order valence-corrected chi connectivity index (χ1v) is 11.2. The van der Waals surface area contributed by atoms with E-state index < -0.39 is 25.7 Å². The highest BCUT2D eigenvalue weighted by Crippen LogP contribution is 2.32. The van der Waals surface area contributed by atoms with Crippen LogP contribution in [0.4, 0.5) is 0 Å². The van der Waals surface area contributed by atoms with E-state index in [2.05, 4.69) is 13.2 Å². The third kappa shape index (κ3) is 5.75. The predicted molar refractivity (Wildman–Crippen MR) is 94.7 cm³/mol. The number of likely N-dealkylation sites (N-methyl/N-ethyl adjacent to an activating group) is 1. The molecule has 142 valence electrons. The van der Waals surface area contributed by atoms with Gasteiger partial charge >= 0.3 is 5.91 Å². The summed E-state index contributed by atoms with van der Waals surface area (Å²) in [5.41, 5.74) is 0. The van der Waals surface area contributed by atoms with Gasteiger partial charge in [0.15, 0.2) is 19.7 Å². The molecule has 1 rings (SSSR count). The highest BCUT2D eigenvalue weighted by Gasteiger charge is 2.65. The van der Waals surface area contributed by atoms with Crippen molar-refractivity contribution < 1.29 is 30.9 Å². The normalized spacial score (nSPS) is 23.1. The molecule has 2 unspecified atom stereocenters. The number of nitrogens with zero attached hydrogens (tertiary/aromatic N) is 2. The highest BCUT2D eigenvalue weighted by molar-refractivity contribution is 7.94. The first kappa shape index (κ1) is 21.5. The van der Waals surface area contributed by atoms with Crippen molar-refractivity contribution in [3.05, 3.63) is 24.0 Å². The number of carbonyl (C=O) groups is 2. The number of quaternary nitrogens is 1. The summed E-state index contributed by atoms with van der Waals surface area (Å²) in [6.45, 7) is 7.19. The van der Waals surface area contributed by atoms with Gasteiger partial charge in [-0.1, -0.05) is 13.2 Å². The lowest BCUT2D eigenvalue weighted by Crippen LogP contribution is -2.34. The molecule has 1 aliphatic heterocycles. The number of hydrogen-bond donors (Lipinski definition) is 0. The second-order valence-corrected chi connectivity index (χ2v) is 10.4. The summed E-state index contributed by atoms with van der Waals surface area (Å²) < 4.78 is 45.7. The quantitative estimate of drug-likeness (QED) is 0.352. The van der Waals surface area contributed by atoms with Gasteiger partial charge in [0.25, 0.3) is 0 Å². The van der Waals surface area contributed by atoms with Gasteiger partial charge in [-0.25, -0.2) is 26.1 Å². The van der Waals surface area contributed by atoms with E-state index in [1.807, 2.05) is 0 Å². The second kappa shape index (κ2) is 7.79. The van der Waals surface area contributed by atoms with Crippen LogP contribution in [0.3, 0.4) is 0 Å². The standard InChI is InChI=1S/C15H25N2O6S2/c1-5-24(20,21)11-8-14(18)16(3)9-7-10-17(4)13(15(17)19)12-25(22,23)6-2/h5-6,13H,1-2,7-12H2,3-4H3/q+1. The minimum absolute atomic E-state index is 0.0277. The van der Waals surface area contributed by atoms with E-state index in [4.69, 9.17) is 0 Å². The van der Waals surface area contributed by atoms with Crippen molar-refractivity contribution in [2.75, 3.05) is 38.7 Å². The fourth-order valence-electron chi connectivity index (χ4n) is 2.52. The summed E-state index contributed by atoms with van der Waals surface area (Å²) >= 11 is 0. The van der Waals surface area contributed by atoms with Gasteiger partial charge in [-0.15, -0.1) is 0 Å². The Morgan fingerprint density at radius 3 is 2.28 bits per heavy atom. The lowest BCUT2D eigenvalue weighted by atomic mass is 10.3. The molecule has 1 fully saturated rings. The smallest absolute Gasteiger partial charge is 0.346 e. The summed E-state index contributed by atoms with van der Waals surface area (Å²) in [6, 6.07) is -0.582. The molecular formula is C15H25N2O6S2+. The Morgan fingerprint density at radius 1 is 1.20 bits per heavy atom. The van der Waals surface area contributed by atoms with Crippen LogP contribution in [0, 0.1) is 0 Å². The van der Waals surface area contributed by atoms with Crippen LogP contribution in [0.5, 0.6) is 0 Å². The van der Waals surface area contributed by atoms with Gasteiger partial charge in [0, 0.05) is 37.3 Å². The van der Waals surface area contributed by atoms with Crippen LogP contribution in [0.1, 0.15) is 12.8 Å². The molecule has 10 heteroatoms. The van der Waals surface area contributed by atoms with Crippen molar-refractivity contribution in [1.29, 1.82) is 0 Å². The molecule has 1 aliphatic rings. The van der Waals surface area contributed by atoms with Gasteiger partial charge in [-0.2, -0.15) is 0 Å². The summed E-state index contributed by atoms with van der Waals surface area (Å²) in [7, 11) is -3.62. The fraction of sp³-hybridized carbons (Fsp3) is 0.600. The summed E-state index contributed by atoms with van der Waals surface area (Å²) in [6.07, 6.45) is 0.374. The minimum Gasteiger partial charge on any atom is -0.346 e. The summed E-state index contributed by atoms with van der Waals surface area (Å²) in [5, 5.41) is 1.68. The third-order valence-electron chi connectivity index (χ3n) is 4.45. The lowest BCUT2D eigenvalue weighted by molar-refractivity contribution is -0.752. The van der Waals surface area contributed by atoms with Crippen molar-refractivity contribution in [1.82, 2.24) is 4.90 Å². The Kier molecular flexibility index (Phi) is 6.71. The van der Waals surface area contributed by atoms with E-state index in [9.17, 15) is 26.4 Å². The maximum Gasteiger partial charge on any atom is 0.373 e. The number of carbonyl (C=O) groups excluding carboxylic acids is 2. The van der Waals surface area contributed by atoms with E-state index in [1.54, 1.807) is 14.1 Å².